The van der Waals surface area contributed by atoms with Crippen molar-refractivity contribution >= 4 is 24.7 Å². The number of thiol groups is 1. The molecule has 1 aromatic rings. The summed E-state index contributed by atoms with van der Waals surface area (Å²) in [5.74, 6) is -1.78. The van der Waals surface area contributed by atoms with Gasteiger partial charge in [0.15, 0.2) is 0 Å². The smallest absolute Gasteiger partial charge is 0.478 e. The Morgan fingerprint density at radius 1 is 1.41 bits per heavy atom. The summed E-state index contributed by atoms with van der Waals surface area (Å²) in [5, 5.41) is 8.41. The molecule has 0 aliphatic heterocycles. The van der Waals surface area contributed by atoms with Crippen LogP contribution in [0.1, 0.15) is 5.56 Å². The molecule has 1 aromatic carbocycles. The number of benzene rings is 1. The van der Waals surface area contributed by atoms with Gasteiger partial charge in [-0.25, -0.2) is 4.79 Å². The number of aliphatic carboxylic acids is 1. The highest BCUT2D eigenvalue weighted by molar-refractivity contribution is 7.80. The molecule has 0 radical (unpaired) electrons. The molecule has 0 saturated heterocycles. The average molecular weight is 264 g/mol. The van der Waals surface area contributed by atoms with Crippen molar-refractivity contribution in [1.29, 1.82) is 0 Å². The van der Waals surface area contributed by atoms with Gasteiger partial charge in [0.05, 0.1) is 0 Å². The number of rotatable bonds is 3. The van der Waals surface area contributed by atoms with E-state index in [0.29, 0.717) is 6.08 Å². The Hall–Kier alpha value is -1.63. The largest absolute Gasteiger partial charge is 0.573 e. The zero-order valence-electron chi connectivity index (χ0n) is 8.23. The van der Waals surface area contributed by atoms with Gasteiger partial charge >= 0.3 is 12.3 Å². The minimum absolute atomic E-state index is 0.0458. The maximum Gasteiger partial charge on any atom is 0.573 e. The predicted molar refractivity (Wildman–Crippen MR) is 57.0 cm³/mol. The van der Waals surface area contributed by atoms with E-state index in [2.05, 4.69) is 17.4 Å². The van der Waals surface area contributed by atoms with Crippen LogP contribution in [0.5, 0.6) is 5.75 Å². The minimum Gasteiger partial charge on any atom is -0.478 e. The molecule has 0 bridgehead atoms. The van der Waals surface area contributed by atoms with Gasteiger partial charge in [0.25, 0.3) is 0 Å². The first-order valence-electron chi connectivity index (χ1n) is 4.28. The van der Waals surface area contributed by atoms with Crippen LogP contribution in [-0.2, 0) is 4.79 Å². The van der Waals surface area contributed by atoms with Crippen LogP contribution in [0.2, 0.25) is 0 Å². The number of carboxylic acid groups (broad SMARTS) is 1. The van der Waals surface area contributed by atoms with Crippen molar-refractivity contribution in [2.24, 2.45) is 0 Å². The zero-order chi connectivity index (χ0) is 13.1. The Bertz CT molecular complexity index is 455. The molecule has 0 aliphatic carbocycles. The molecule has 0 saturated carbocycles. The lowest BCUT2D eigenvalue weighted by molar-refractivity contribution is -0.274. The highest BCUT2D eigenvalue weighted by Gasteiger charge is 2.32. The standard InChI is InChI=1S/C10H7F3O3S/c11-10(12,13)16-7-2-1-3-8(17)6(7)4-5-9(14)15/h1-5,17H,(H,14,15)/b5-4+. The molecule has 1 N–H and O–H groups in total. The lowest BCUT2D eigenvalue weighted by Gasteiger charge is -2.12. The number of halogens is 3. The van der Waals surface area contributed by atoms with E-state index in [9.17, 15) is 18.0 Å². The number of hydrogen-bond acceptors (Lipinski definition) is 3. The van der Waals surface area contributed by atoms with Gasteiger partial charge in [-0.05, 0) is 18.2 Å². The highest BCUT2D eigenvalue weighted by Crippen LogP contribution is 2.31. The second-order valence-corrected chi connectivity index (χ2v) is 3.39. The maximum atomic E-state index is 12.1. The molecule has 7 heteroatoms. The Balaban J connectivity index is 3.13. The van der Waals surface area contributed by atoms with E-state index < -0.39 is 18.1 Å². The third-order valence-electron chi connectivity index (χ3n) is 1.66. The fraction of sp³-hybridized carbons (Fsp3) is 0.100. The van der Waals surface area contributed by atoms with Gasteiger partial charge in [0.1, 0.15) is 5.75 Å². The first kappa shape index (κ1) is 13.4. The fourth-order valence-corrected chi connectivity index (χ4v) is 1.34. The number of ether oxygens (including phenoxy) is 1. The summed E-state index contributed by atoms with van der Waals surface area (Å²) in [4.78, 5) is 10.5. The molecule has 0 amide bonds. The van der Waals surface area contributed by atoms with E-state index >= 15 is 0 Å². The summed E-state index contributed by atoms with van der Waals surface area (Å²) in [6.45, 7) is 0. The quantitative estimate of drug-likeness (QED) is 0.651. The summed E-state index contributed by atoms with van der Waals surface area (Å²) in [5.41, 5.74) is -0.0458. The van der Waals surface area contributed by atoms with Crippen molar-refractivity contribution in [3.63, 3.8) is 0 Å². The number of hydrogen-bond donors (Lipinski definition) is 2. The van der Waals surface area contributed by atoms with Crippen LogP contribution >= 0.6 is 12.6 Å². The number of carbonyl (C=O) groups is 1. The predicted octanol–water partition coefficient (Wildman–Crippen LogP) is 2.97. The van der Waals surface area contributed by atoms with Crippen molar-refractivity contribution in [1.82, 2.24) is 0 Å². The van der Waals surface area contributed by atoms with E-state index in [-0.39, 0.29) is 10.5 Å². The topological polar surface area (TPSA) is 46.5 Å². The normalized spacial score (nSPS) is 11.8. The summed E-state index contributed by atoms with van der Waals surface area (Å²) >= 11 is 3.93. The van der Waals surface area contributed by atoms with Crippen LogP contribution in [0.3, 0.4) is 0 Å². The van der Waals surface area contributed by atoms with E-state index in [4.69, 9.17) is 5.11 Å². The molecule has 92 valence electrons. The van der Waals surface area contributed by atoms with Crippen molar-refractivity contribution in [3.05, 3.63) is 29.8 Å². The lowest BCUT2D eigenvalue weighted by atomic mass is 10.2. The summed E-state index contributed by atoms with van der Waals surface area (Å²) in [6, 6.07) is 3.82. The third-order valence-corrected chi connectivity index (χ3v) is 2.05. The molecular weight excluding hydrogens is 257 g/mol. The van der Waals surface area contributed by atoms with Gasteiger partial charge in [-0.1, -0.05) is 6.07 Å². The first-order valence-corrected chi connectivity index (χ1v) is 4.73. The second kappa shape index (κ2) is 5.13. The van der Waals surface area contributed by atoms with Crippen LogP contribution in [-0.4, -0.2) is 17.4 Å². The van der Waals surface area contributed by atoms with Gasteiger partial charge in [-0.15, -0.1) is 25.8 Å². The van der Waals surface area contributed by atoms with Gasteiger partial charge in [0.2, 0.25) is 0 Å². The molecule has 0 aliphatic rings. The monoisotopic (exact) mass is 264 g/mol. The Morgan fingerprint density at radius 2 is 2.06 bits per heavy atom. The van der Waals surface area contributed by atoms with Crippen molar-refractivity contribution in [2.75, 3.05) is 0 Å². The van der Waals surface area contributed by atoms with Gasteiger partial charge < -0.3 is 9.84 Å². The molecule has 17 heavy (non-hydrogen) atoms. The van der Waals surface area contributed by atoms with Crippen molar-refractivity contribution in [3.8, 4) is 5.75 Å². The molecule has 3 nitrogen and oxygen atoms in total. The summed E-state index contributed by atoms with van der Waals surface area (Å²) < 4.78 is 39.9. The lowest BCUT2D eigenvalue weighted by Crippen LogP contribution is -2.17. The van der Waals surface area contributed by atoms with Gasteiger partial charge in [0, 0.05) is 16.5 Å². The van der Waals surface area contributed by atoms with E-state index in [1.807, 2.05) is 0 Å². The first-order chi connectivity index (χ1) is 7.79. The molecule has 0 atom stereocenters. The molecule has 0 unspecified atom stereocenters. The van der Waals surface area contributed by atoms with Crippen LogP contribution in [0.15, 0.2) is 29.2 Å². The highest BCUT2D eigenvalue weighted by atomic mass is 32.1. The SMILES string of the molecule is O=C(O)/C=C/c1c(S)cccc1OC(F)(F)F. The van der Waals surface area contributed by atoms with E-state index in [0.717, 1.165) is 12.1 Å². The van der Waals surface area contributed by atoms with Crippen LogP contribution in [0.4, 0.5) is 13.2 Å². The van der Waals surface area contributed by atoms with Crippen LogP contribution in [0.25, 0.3) is 6.08 Å². The Morgan fingerprint density at radius 3 is 2.59 bits per heavy atom. The zero-order valence-corrected chi connectivity index (χ0v) is 9.13. The van der Waals surface area contributed by atoms with Crippen molar-refractivity contribution in [2.45, 2.75) is 11.3 Å². The van der Waals surface area contributed by atoms with Gasteiger partial charge in [-0.2, -0.15) is 0 Å². The molecule has 0 spiro atoms. The Kier molecular flexibility index (Phi) is 4.06. The average Bonchev–Trinajstić information content (AvgIpc) is 2.13. The van der Waals surface area contributed by atoms with Crippen LogP contribution in [0, 0.1) is 0 Å². The summed E-state index contributed by atoms with van der Waals surface area (Å²) in [6.07, 6.45) is -3.14. The number of alkyl halides is 3. The second-order valence-electron chi connectivity index (χ2n) is 2.91. The van der Waals surface area contributed by atoms with Crippen LogP contribution < -0.4 is 4.74 Å². The molecule has 1 rings (SSSR count). The Labute approximate surface area is 99.9 Å². The third kappa shape index (κ3) is 4.39. The van der Waals surface area contributed by atoms with E-state index in [1.165, 1.54) is 12.1 Å². The van der Waals surface area contributed by atoms with Crippen molar-refractivity contribution < 1.29 is 27.8 Å². The maximum absolute atomic E-state index is 12.1. The fourth-order valence-electron chi connectivity index (χ4n) is 1.07. The molecule has 0 fully saturated rings. The van der Waals surface area contributed by atoms with E-state index in [1.54, 1.807) is 0 Å². The molecule has 0 heterocycles. The van der Waals surface area contributed by atoms with Gasteiger partial charge in [-0.3, -0.25) is 0 Å². The molecule has 0 aromatic heterocycles. The number of carboxylic acids is 1. The minimum atomic E-state index is -4.84. The molecular formula is C10H7F3O3S. The summed E-state index contributed by atoms with van der Waals surface area (Å²) in [7, 11) is 0.